The minimum absolute atomic E-state index is 0.00578. The summed E-state index contributed by atoms with van der Waals surface area (Å²) in [5.74, 6) is -0.245. The highest BCUT2D eigenvalue weighted by Crippen LogP contribution is 2.23. The molecule has 6 heteroatoms. The number of amides is 1. The molecule has 0 radical (unpaired) electrons. The number of fused-ring (bicyclic) bond motifs is 1. The Hall–Kier alpha value is -2.70. The van der Waals surface area contributed by atoms with Gasteiger partial charge in [-0.25, -0.2) is 4.39 Å². The van der Waals surface area contributed by atoms with E-state index >= 15 is 0 Å². The first kappa shape index (κ1) is 20.6. The number of hydrogen-bond donors (Lipinski definition) is 0. The molecule has 1 saturated heterocycles. The number of aromatic nitrogens is 1. The standard InChI is InChI=1S/C24H29FN4O/c1-26-11-12-27(2)14-16-28(15-13-26)24(30)23-17-19-7-4-6-10-22(19)29(23)18-20-8-3-5-9-21(20)25/h3-10,17H,11-16,18H2,1-2H3. The number of benzene rings is 2. The van der Waals surface area contributed by atoms with Gasteiger partial charge in [-0.1, -0.05) is 36.4 Å². The summed E-state index contributed by atoms with van der Waals surface area (Å²) in [6.07, 6.45) is 0. The van der Waals surface area contributed by atoms with E-state index in [9.17, 15) is 9.18 Å². The Labute approximate surface area is 177 Å². The SMILES string of the molecule is CN1CCN(C)CCN(C(=O)c2cc3ccccc3n2Cc2ccccc2F)CC1. The van der Waals surface area contributed by atoms with Crippen molar-refractivity contribution in [2.24, 2.45) is 0 Å². The monoisotopic (exact) mass is 408 g/mol. The van der Waals surface area contributed by atoms with E-state index in [1.54, 1.807) is 12.1 Å². The molecule has 1 aromatic heterocycles. The van der Waals surface area contributed by atoms with Crippen LogP contribution in [0.2, 0.25) is 0 Å². The number of halogens is 1. The lowest BCUT2D eigenvalue weighted by Gasteiger charge is -2.25. The second-order valence-corrected chi connectivity index (χ2v) is 8.16. The van der Waals surface area contributed by atoms with Crippen LogP contribution in [0, 0.1) is 5.82 Å². The van der Waals surface area contributed by atoms with Gasteiger partial charge in [0.05, 0.1) is 6.54 Å². The van der Waals surface area contributed by atoms with Crippen molar-refractivity contribution in [1.82, 2.24) is 19.3 Å². The third kappa shape index (κ3) is 4.40. The first-order valence-corrected chi connectivity index (χ1v) is 10.5. The molecule has 3 aromatic rings. The molecule has 4 rings (SSSR count). The average molecular weight is 409 g/mol. The molecule has 0 spiro atoms. The summed E-state index contributed by atoms with van der Waals surface area (Å²) in [5.41, 5.74) is 2.14. The summed E-state index contributed by atoms with van der Waals surface area (Å²) < 4.78 is 16.3. The maximum atomic E-state index is 14.4. The summed E-state index contributed by atoms with van der Waals surface area (Å²) in [4.78, 5) is 20.1. The Balaban J connectivity index is 1.70. The van der Waals surface area contributed by atoms with Gasteiger partial charge in [0.15, 0.2) is 0 Å². The van der Waals surface area contributed by atoms with E-state index in [0.717, 1.165) is 37.1 Å². The summed E-state index contributed by atoms with van der Waals surface area (Å²) in [6, 6.07) is 16.6. The Kier molecular flexibility index (Phi) is 6.16. The predicted molar refractivity (Wildman–Crippen MR) is 118 cm³/mol. The molecule has 0 bridgehead atoms. The third-order valence-corrected chi connectivity index (χ3v) is 5.97. The van der Waals surface area contributed by atoms with Crippen molar-refractivity contribution in [2.45, 2.75) is 6.54 Å². The summed E-state index contributed by atoms with van der Waals surface area (Å²) in [6.45, 7) is 5.36. The van der Waals surface area contributed by atoms with Gasteiger partial charge in [0.2, 0.25) is 0 Å². The number of rotatable bonds is 3. The van der Waals surface area contributed by atoms with Gasteiger partial charge < -0.3 is 19.3 Å². The Morgan fingerprint density at radius 2 is 1.47 bits per heavy atom. The molecule has 1 fully saturated rings. The van der Waals surface area contributed by atoms with Crippen LogP contribution in [-0.2, 0) is 6.54 Å². The highest BCUT2D eigenvalue weighted by atomic mass is 19.1. The number of carbonyl (C=O) groups is 1. The quantitative estimate of drug-likeness (QED) is 0.667. The van der Waals surface area contributed by atoms with Gasteiger partial charge >= 0.3 is 0 Å². The molecular weight excluding hydrogens is 379 g/mol. The number of para-hydroxylation sites is 1. The molecule has 5 nitrogen and oxygen atoms in total. The molecule has 0 aliphatic carbocycles. The van der Waals surface area contributed by atoms with E-state index in [0.29, 0.717) is 30.9 Å². The lowest BCUT2D eigenvalue weighted by Crippen LogP contribution is -2.40. The van der Waals surface area contributed by atoms with Gasteiger partial charge in [-0.05, 0) is 32.3 Å². The van der Waals surface area contributed by atoms with Crippen LogP contribution < -0.4 is 0 Å². The molecule has 0 atom stereocenters. The molecule has 30 heavy (non-hydrogen) atoms. The lowest BCUT2D eigenvalue weighted by atomic mass is 10.2. The zero-order valence-electron chi connectivity index (χ0n) is 17.7. The molecule has 0 N–H and O–H groups in total. The van der Waals surface area contributed by atoms with Crippen LogP contribution in [0.1, 0.15) is 16.1 Å². The van der Waals surface area contributed by atoms with Crippen molar-refractivity contribution in [2.75, 3.05) is 53.4 Å². The third-order valence-electron chi connectivity index (χ3n) is 5.97. The lowest BCUT2D eigenvalue weighted by molar-refractivity contribution is 0.0731. The fourth-order valence-corrected chi connectivity index (χ4v) is 3.98. The minimum Gasteiger partial charge on any atom is -0.335 e. The summed E-state index contributed by atoms with van der Waals surface area (Å²) in [7, 11) is 4.19. The normalized spacial score (nSPS) is 17.0. The second-order valence-electron chi connectivity index (χ2n) is 8.16. The fourth-order valence-electron chi connectivity index (χ4n) is 3.98. The first-order chi connectivity index (χ1) is 14.5. The number of nitrogens with zero attached hydrogens (tertiary/aromatic N) is 4. The summed E-state index contributed by atoms with van der Waals surface area (Å²) in [5, 5.41) is 0.996. The molecule has 0 unspecified atom stereocenters. The van der Waals surface area contributed by atoms with Crippen LogP contribution in [0.25, 0.3) is 10.9 Å². The molecule has 2 heterocycles. The maximum Gasteiger partial charge on any atom is 0.270 e. The van der Waals surface area contributed by atoms with Gasteiger partial charge in [-0.2, -0.15) is 0 Å². The Morgan fingerprint density at radius 1 is 0.867 bits per heavy atom. The molecular formula is C24H29FN4O. The van der Waals surface area contributed by atoms with Gasteiger partial charge in [0.25, 0.3) is 5.91 Å². The molecule has 0 saturated carbocycles. The van der Waals surface area contributed by atoms with Crippen LogP contribution in [0.15, 0.2) is 54.6 Å². The molecule has 2 aromatic carbocycles. The van der Waals surface area contributed by atoms with Crippen molar-refractivity contribution in [3.63, 3.8) is 0 Å². The molecule has 1 aliphatic heterocycles. The smallest absolute Gasteiger partial charge is 0.270 e. The van der Waals surface area contributed by atoms with E-state index in [4.69, 9.17) is 0 Å². The summed E-state index contributed by atoms with van der Waals surface area (Å²) >= 11 is 0. The number of likely N-dealkylation sites (N-methyl/N-ethyl adjacent to an activating group) is 2. The Morgan fingerprint density at radius 3 is 2.17 bits per heavy atom. The van der Waals surface area contributed by atoms with Crippen LogP contribution in [-0.4, -0.2) is 78.5 Å². The highest BCUT2D eigenvalue weighted by molar-refractivity contribution is 5.98. The van der Waals surface area contributed by atoms with Gasteiger partial charge in [0.1, 0.15) is 11.5 Å². The van der Waals surface area contributed by atoms with Crippen LogP contribution in [0.5, 0.6) is 0 Å². The average Bonchev–Trinajstić information content (AvgIpc) is 3.14. The van der Waals surface area contributed by atoms with E-state index < -0.39 is 0 Å². The van der Waals surface area contributed by atoms with E-state index in [-0.39, 0.29) is 11.7 Å². The largest absolute Gasteiger partial charge is 0.335 e. The number of hydrogen-bond acceptors (Lipinski definition) is 3. The van der Waals surface area contributed by atoms with E-state index in [1.807, 2.05) is 45.9 Å². The van der Waals surface area contributed by atoms with Gasteiger partial charge in [0, 0.05) is 55.7 Å². The van der Waals surface area contributed by atoms with Crippen LogP contribution in [0.4, 0.5) is 4.39 Å². The first-order valence-electron chi connectivity index (χ1n) is 10.5. The second kappa shape index (κ2) is 8.98. The van der Waals surface area contributed by atoms with Crippen molar-refractivity contribution in [3.05, 3.63) is 71.7 Å². The van der Waals surface area contributed by atoms with Gasteiger partial charge in [-0.15, -0.1) is 0 Å². The molecule has 1 aliphatic rings. The van der Waals surface area contributed by atoms with Crippen LogP contribution in [0.3, 0.4) is 0 Å². The van der Waals surface area contributed by atoms with Gasteiger partial charge in [-0.3, -0.25) is 4.79 Å². The molecule has 1 amide bonds. The fraction of sp³-hybridized carbons (Fsp3) is 0.375. The highest BCUT2D eigenvalue weighted by Gasteiger charge is 2.23. The van der Waals surface area contributed by atoms with Crippen molar-refractivity contribution < 1.29 is 9.18 Å². The molecule has 158 valence electrons. The maximum absolute atomic E-state index is 14.4. The minimum atomic E-state index is -0.250. The van der Waals surface area contributed by atoms with Crippen LogP contribution >= 0.6 is 0 Å². The zero-order chi connectivity index (χ0) is 21.1. The van der Waals surface area contributed by atoms with E-state index in [1.165, 1.54) is 6.07 Å². The van der Waals surface area contributed by atoms with Crippen molar-refractivity contribution >= 4 is 16.8 Å². The zero-order valence-corrected chi connectivity index (χ0v) is 17.7. The predicted octanol–water partition coefficient (Wildman–Crippen LogP) is 3.15. The Bertz CT molecular complexity index is 1020. The topological polar surface area (TPSA) is 31.7 Å². The van der Waals surface area contributed by atoms with E-state index in [2.05, 4.69) is 23.9 Å². The van der Waals surface area contributed by atoms with Crippen molar-refractivity contribution in [1.29, 1.82) is 0 Å². The van der Waals surface area contributed by atoms with Crippen molar-refractivity contribution in [3.8, 4) is 0 Å². The number of carbonyl (C=O) groups excluding carboxylic acids is 1.